The topological polar surface area (TPSA) is 52.0 Å². The molecule has 0 aliphatic carbocycles. The molecule has 0 aromatic heterocycles. The molecule has 0 atom stereocenters. The van der Waals surface area contributed by atoms with Crippen LogP contribution in [0.25, 0.3) is 0 Å². The van der Waals surface area contributed by atoms with Crippen molar-refractivity contribution in [2.24, 2.45) is 11.5 Å². The van der Waals surface area contributed by atoms with Crippen LogP contribution in [0.1, 0.15) is 12.8 Å². The lowest BCUT2D eigenvalue weighted by Crippen LogP contribution is -1.95. The first kappa shape index (κ1) is 9.04. The van der Waals surface area contributed by atoms with Crippen LogP contribution >= 0.6 is 0 Å². The average Bonchev–Trinajstić information content (AvgIpc) is 1.97. The normalized spacial score (nSPS) is 7.00. The van der Waals surface area contributed by atoms with Crippen LogP contribution in [0.5, 0.6) is 0 Å². The summed E-state index contributed by atoms with van der Waals surface area (Å²) in [6, 6.07) is 0. The summed E-state index contributed by atoms with van der Waals surface area (Å²) in [4.78, 5) is 0. The Hall–Kier alpha value is -0.960. The van der Waals surface area contributed by atoms with Gasteiger partial charge < -0.3 is 11.5 Å². The summed E-state index contributed by atoms with van der Waals surface area (Å²) in [5, 5.41) is 0. The molecule has 2 heteroatoms. The highest BCUT2D eigenvalue weighted by atomic mass is 14.5. The van der Waals surface area contributed by atoms with E-state index in [1.165, 1.54) is 0 Å². The van der Waals surface area contributed by atoms with E-state index in [0.29, 0.717) is 13.1 Å². The van der Waals surface area contributed by atoms with Crippen LogP contribution in [0, 0.1) is 23.7 Å². The van der Waals surface area contributed by atoms with Gasteiger partial charge >= 0.3 is 0 Å². The van der Waals surface area contributed by atoms with E-state index in [4.69, 9.17) is 11.5 Å². The second-order valence-electron chi connectivity index (χ2n) is 1.68. The Morgan fingerprint density at radius 1 is 0.800 bits per heavy atom. The van der Waals surface area contributed by atoms with Gasteiger partial charge in [0.1, 0.15) is 0 Å². The van der Waals surface area contributed by atoms with E-state index < -0.39 is 0 Å². The molecule has 0 aliphatic heterocycles. The Kier molecular flexibility index (Phi) is 7.27. The van der Waals surface area contributed by atoms with E-state index in [9.17, 15) is 0 Å². The van der Waals surface area contributed by atoms with Crippen LogP contribution in [0.3, 0.4) is 0 Å². The minimum absolute atomic E-state index is 0.603. The monoisotopic (exact) mass is 136 g/mol. The molecule has 54 valence electrons. The zero-order valence-corrected chi connectivity index (χ0v) is 5.98. The minimum Gasteiger partial charge on any atom is -0.330 e. The molecule has 4 N–H and O–H groups in total. The van der Waals surface area contributed by atoms with Gasteiger partial charge in [-0.3, -0.25) is 0 Å². The highest BCUT2D eigenvalue weighted by Gasteiger charge is 1.68. The third-order valence-electron chi connectivity index (χ3n) is 0.778. The van der Waals surface area contributed by atoms with Gasteiger partial charge in [0, 0.05) is 25.9 Å². The Balaban J connectivity index is 3.36. The average molecular weight is 136 g/mol. The summed E-state index contributed by atoms with van der Waals surface area (Å²) in [6.45, 7) is 1.21. The molecule has 0 spiro atoms. The zero-order valence-electron chi connectivity index (χ0n) is 5.98. The molecule has 0 radical (unpaired) electrons. The Labute approximate surface area is 62.0 Å². The van der Waals surface area contributed by atoms with Crippen LogP contribution < -0.4 is 11.5 Å². The van der Waals surface area contributed by atoms with Crippen LogP contribution in [0.4, 0.5) is 0 Å². The van der Waals surface area contributed by atoms with Crippen LogP contribution in [-0.4, -0.2) is 13.1 Å². The van der Waals surface area contributed by atoms with Gasteiger partial charge in [0.2, 0.25) is 0 Å². The molecule has 0 amide bonds. The molecule has 0 bridgehead atoms. The maximum atomic E-state index is 5.20. The van der Waals surface area contributed by atoms with Crippen molar-refractivity contribution in [3.63, 3.8) is 0 Å². The van der Waals surface area contributed by atoms with E-state index in [1.807, 2.05) is 0 Å². The zero-order chi connectivity index (χ0) is 7.66. The van der Waals surface area contributed by atoms with E-state index in [1.54, 1.807) is 0 Å². The maximum absolute atomic E-state index is 5.20. The SMILES string of the molecule is NCCC#CC#CCCN. The number of hydrogen-bond donors (Lipinski definition) is 2. The van der Waals surface area contributed by atoms with Gasteiger partial charge in [0.15, 0.2) is 0 Å². The molecule has 0 unspecified atom stereocenters. The predicted molar refractivity (Wildman–Crippen MR) is 42.9 cm³/mol. The quantitative estimate of drug-likeness (QED) is 0.512. The summed E-state index contributed by atoms with van der Waals surface area (Å²) in [6.07, 6.45) is 1.44. The summed E-state index contributed by atoms with van der Waals surface area (Å²) in [5.41, 5.74) is 10.4. The van der Waals surface area contributed by atoms with Crippen molar-refractivity contribution >= 4 is 0 Å². The minimum atomic E-state index is 0.603. The molecular weight excluding hydrogens is 124 g/mol. The molecule has 0 heterocycles. The molecule has 0 saturated carbocycles. The van der Waals surface area contributed by atoms with E-state index in [0.717, 1.165) is 12.8 Å². The molecule has 0 aromatic carbocycles. The highest BCUT2D eigenvalue weighted by molar-refractivity contribution is 5.25. The summed E-state index contributed by atoms with van der Waals surface area (Å²) >= 11 is 0. The van der Waals surface area contributed by atoms with E-state index in [2.05, 4.69) is 23.7 Å². The first-order valence-electron chi connectivity index (χ1n) is 3.27. The van der Waals surface area contributed by atoms with Crippen molar-refractivity contribution in [2.75, 3.05) is 13.1 Å². The molecule has 0 saturated heterocycles. The molecular formula is C8H12N2. The summed E-state index contributed by atoms with van der Waals surface area (Å²) < 4.78 is 0. The van der Waals surface area contributed by atoms with Crippen LogP contribution in [-0.2, 0) is 0 Å². The van der Waals surface area contributed by atoms with Crippen molar-refractivity contribution in [1.29, 1.82) is 0 Å². The fourth-order valence-corrected chi connectivity index (χ4v) is 0.358. The standard InChI is InChI=1S/C8H12N2/c9-7-5-3-1-2-4-6-8-10/h5-10H2. The molecule has 0 aromatic rings. The summed E-state index contributed by atoms with van der Waals surface area (Å²) in [7, 11) is 0. The predicted octanol–water partition coefficient (Wildman–Crippen LogP) is -0.309. The van der Waals surface area contributed by atoms with Crippen LogP contribution in [0.15, 0.2) is 0 Å². The molecule has 10 heavy (non-hydrogen) atoms. The smallest absolute Gasteiger partial charge is 0.0222 e. The maximum Gasteiger partial charge on any atom is 0.0222 e. The lowest BCUT2D eigenvalue weighted by Gasteiger charge is -1.75. The van der Waals surface area contributed by atoms with Gasteiger partial charge in [-0.05, 0) is 11.8 Å². The number of hydrogen-bond acceptors (Lipinski definition) is 2. The Morgan fingerprint density at radius 2 is 1.20 bits per heavy atom. The fourth-order valence-electron chi connectivity index (χ4n) is 0.358. The first-order chi connectivity index (χ1) is 4.91. The molecule has 2 nitrogen and oxygen atoms in total. The Bertz CT molecular complexity index is 153. The fraction of sp³-hybridized carbons (Fsp3) is 0.500. The van der Waals surface area contributed by atoms with Crippen molar-refractivity contribution in [1.82, 2.24) is 0 Å². The number of nitrogens with two attached hydrogens (primary N) is 2. The highest BCUT2D eigenvalue weighted by Crippen LogP contribution is 1.67. The first-order valence-corrected chi connectivity index (χ1v) is 3.27. The number of rotatable bonds is 2. The molecule has 0 fully saturated rings. The van der Waals surface area contributed by atoms with Gasteiger partial charge in [-0.1, -0.05) is 11.8 Å². The van der Waals surface area contributed by atoms with Gasteiger partial charge in [-0.25, -0.2) is 0 Å². The van der Waals surface area contributed by atoms with E-state index in [-0.39, 0.29) is 0 Å². The van der Waals surface area contributed by atoms with Gasteiger partial charge in [0.25, 0.3) is 0 Å². The lowest BCUT2D eigenvalue weighted by molar-refractivity contribution is 1.03. The van der Waals surface area contributed by atoms with Crippen molar-refractivity contribution in [3.8, 4) is 23.7 Å². The second kappa shape index (κ2) is 8.04. The van der Waals surface area contributed by atoms with E-state index >= 15 is 0 Å². The van der Waals surface area contributed by atoms with Gasteiger partial charge in [0.05, 0.1) is 0 Å². The van der Waals surface area contributed by atoms with Crippen molar-refractivity contribution < 1.29 is 0 Å². The lowest BCUT2D eigenvalue weighted by atomic mass is 10.4. The van der Waals surface area contributed by atoms with Crippen LogP contribution in [0.2, 0.25) is 0 Å². The third-order valence-corrected chi connectivity index (χ3v) is 0.778. The van der Waals surface area contributed by atoms with Crippen molar-refractivity contribution in [3.05, 3.63) is 0 Å². The largest absolute Gasteiger partial charge is 0.330 e. The third kappa shape index (κ3) is 7.04. The van der Waals surface area contributed by atoms with Gasteiger partial charge in [-0.2, -0.15) is 0 Å². The molecule has 0 rings (SSSR count). The van der Waals surface area contributed by atoms with Gasteiger partial charge in [-0.15, -0.1) is 0 Å². The van der Waals surface area contributed by atoms with Crippen molar-refractivity contribution in [2.45, 2.75) is 12.8 Å². The summed E-state index contributed by atoms with van der Waals surface area (Å²) in [5.74, 6) is 11.0. The second-order valence-corrected chi connectivity index (χ2v) is 1.68. The Morgan fingerprint density at radius 3 is 1.50 bits per heavy atom. The molecule has 0 aliphatic rings.